The number of aromatic nitrogens is 2. The number of amides is 2. The third-order valence-corrected chi connectivity index (χ3v) is 5.07. The number of rotatable bonds is 2. The minimum Gasteiger partial charge on any atom is -0.354 e. The summed E-state index contributed by atoms with van der Waals surface area (Å²) < 4.78 is 0. The topological polar surface area (TPSA) is 75.2 Å². The number of nitrogens with zero attached hydrogens (tertiary/aromatic N) is 3. The molecule has 1 saturated heterocycles. The van der Waals surface area contributed by atoms with Gasteiger partial charge in [-0.3, -0.25) is 9.59 Å². The van der Waals surface area contributed by atoms with Gasteiger partial charge in [0.1, 0.15) is 5.82 Å². The third kappa shape index (κ3) is 3.45. The lowest BCUT2D eigenvalue weighted by Crippen LogP contribution is -2.41. The Kier molecular flexibility index (Phi) is 4.77. The van der Waals surface area contributed by atoms with Crippen molar-refractivity contribution in [2.45, 2.75) is 26.3 Å². The molecule has 1 fully saturated rings. The molecule has 0 bridgehead atoms. The van der Waals surface area contributed by atoms with Gasteiger partial charge in [0.15, 0.2) is 0 Å². The smallest absolute Gasteiger partial charge is 0.254 e. The molecule has 28 heavy (non-hydrogen) atoms. The van der Waals surface area contributed by atoms with E-state index in [4.69, 9.17) is 0 Å². The summed E-state index contributed by atoms with van der Waals surface area (Å²) in [5, 5.41) is 3.80. The van der Waals surface area contributed by atoms with Crippen LogP contribution in [0.2, 0.25) is 0 Å². The van der Waals surface area contributed by atoms with Crippen LogP contribution in [-0.4, -0.2) is 45.8 Å². The second-order valence-corrected chi connectivity index (χ2v) is 7.12. The van der Waals surface area contributed by atoms with Gasteiger partial charge in [-0.15, -0.1) is 0 Å². The molecule has 0 saturated carbocycles. The molecule has 6 heteroatoms. The lowest BCUT2D eigenvalue weighted by molar-refractivity contribution is -0.120. The Labute approximate surface area is 163 Å². The zero-order chi connectivity index (χ0) is 19.7. The van der Waals surface area contributed by atoms with Crippen molar-refractivity contribution in [3.63, 3.8) is 0 Å². The average Bonchev–Trinajstić information content (AvgIpc) is 2.88. The number of para-hydroxylation sites is 1. The van der Waals surface area contributed by atoms with Gasteiger partial charge in [0.05, 0.1) is 11.2 Å². The Morgan fingerprint density at radius 1 is 1.14 bits per heavy atom. The van der Waals surface area contributed by atoms with Crippen molar-refractivity contribution in [1.82, 2.24) is 20.2 Å². The highest BCUT2D eigenvalue weighted by atomic mass is 16.2. The first-order valence-electron chi connectivity index (χ1n) is 9.44. The molecule has 1 N–H and O–H groups in total. The number of hydrogen-bond acceptors (Lipinski definition) is 4. The molecule has 1 atom stereocenters. The van der Waals surface area contributed by atoms with E-state index in [9.17, 15) is 9.59 Å². The van der Waals surface area contributed by atoms with E-state index in [1.165, 1.54) is 0 Å². The van der Waals surface area contributed by atoms with Crippen LogP contribution in [0.5, 0.6) is 0 Å². The highest BCUT2D eigenvalue weighted by molar-refractivity contribution is 5.98. The van der Waals surface area contributed by atoms with Crippen LogP contribution >= 0.6 is 0 Å². The summed E-state index contributed by atoms with van der Waals surface area (Å²) in [6.45, 7) is 4.72. The zero-order valence-corrected chi connectivity index (χ0v) is 16.0. The number of fused-ring (bicyclic) bond motifs is 1. The van der Waals surface area contributed by atoms with Crippen molar-refractivity contribution in [2.75, 3.05) is 13.1 Å². The number of carbonyl (C=O) groups is 2. The van der Waals surface area contributed by atoms with E-state index in [1.807, 2.05) is 62.4 Å². The Morgan fingerprint density at radius 3 is 2.82 bits per heavy atom. The van der Waals surface area contributed by atoms with E-state index in [1.54, 1.807) is 4.90 Å². The minimum atomic E-state index is -0.0686. The van der Waals surface area contributed by atoms with E-state index >= 15 is 0 Å². The van der Waals surface area contributed by atoms with Crippen LogP contribution in [0.1, 0.15) is 29.5 Å². The maximum absolute atomic E-state index is 13.1. The van der Waals surface area contributed by atoms with Gasteiger partial charge in [-0.2, -0.15) is 0 Å². The van der Waals surface area contributed by atoms with Crippen LogP contribution in [0.15, 0.2) is 48.5 Å². The van der Waals surface area contributed by atoms with Crippen LogP contribution < -0.4 is 5.32 Å². The first kappa shape index (κ1) is 18.1. The fourth-order valence-electron chi connectivity index (χ4n) is 3.58. The minimum absolute atomic E-state index is 0.0150. The molecule has 142 valence electrons. The number of nitrogens with one attached hydrogen (secondary N) is 1. The number of aryl methyl sites for hydroxylation is 1. The van der Waals surface area contributed by atoms with Crippen molar-refractivity contribution in [1.29, 1.82) is 0 Å². The molecule has 0 spiro atoms. The van der Waals surface area contributed by atoms with Gasteiger partial charge in [0.2, 0.25) is 5.91 Å². The Bertz CT molecular complexity index is 1060. The van der Waals surface area contributed by atoms with Gasteiger partial charge in [0, 0.05) is 42.1 Å². The van der Waals surface area contributed by atoms with Crippen LogP contribution in [0.25, 0.3) is 22.2 Å². The number of benzene rings is 2. The standard InChI is InChI=1S/C22H22N4O2/c1-14-13-23-20(27)10-11-26(14)22(28)17-7-5-6-16(12-17)21-18-8-3-4-9-19(18)24-15(2)25-21/h3-9,12,14H,10-11,13H2,1-2H3,(H,23,27)/t14-/m0/s1. The number of carbonyl (C=O) groups excluding carboxylic acids is 2. The summed E-state index contributed by atoms with van der Waals surface area (Å²) in [4.78, 5) is 35.7. The lowest BCUT2D eigenvalue weighted by atomic mass is 10.0. The average molecular weight is 374 g/mol. The van der Waals surface area contributed by atoms with Gasteiger partial charge in [-0.1, -0.05) is 30.3 Å². The van der Waals surface area contributed by atoms with E-state index in [0.717, 1.165) is 22.2 Å². The molecule has 0 radical (unpaired) electrons. The van der Waals surface area contributed by atoms with E-state index in [2.05, 4.69) is 15.3 Å². The molecule has 0 unspecified atom stereocenters. The van der Waals surface area contributed by atoms with Crippen LogP contribution in [0.4, 0.5) is 0 Å². The fourth-order valence-corrected chi connectivity index (χ4v) is 3.58. The summed E-state index contributed by atoms with van der Waals surface area (Å²) in [7, 11) is 0. The highest BCUT2D eigenvalue weighted by Crippen LogP contribution is 2.27. The normalized spacial score (nSPS) is 17.3. The summed E-state index contributed by atoms with van der Waals surface area (Å²) in [5.41, 5.74) is 3.18. The van der Waals surface area contributed by atoms with Crippen LogP contribution in [0.3, 0.4) is 0 Å². The van der Waals surface area contributed by atoms with Gasteiger partial charge in [-0.25, -0.2) is 9.97 Å². The Morgan fingerprint density at radius 2 is 1.96 bits per heavy atom. The van der Waals surface area contributed by atoms with Crippen molar-refractivity contribution in [3.8, 4) is 11.3 Å². The molecule has 4 rings (SSSR count). The fraction of sp³-hybridized carbons (Fsp3) is 0.273. The van der Waals surface area contributed by atoms with Crippen molar-refractivity contribution in [2.24, 2.45) is 0 Å². The quantitative estimate of drug-likeness (QED) is 0.748. The third-order valence-electron chi connectivity index (χ3n) is 5.07. The molecule has 1 aromatic heterocycles. The predicted molar refractivity (Wildman–Crippen MR) is 108 cm³/mol. The molecule has 2 amide bonds. The highest BCUT2D eigenvalue weighted by Gasteiger charge is 2.25. The molecule has 2 heterocycles. The maximum Gasteiger partial charge on any atom is 0.254 e. The van der Waals surface area contributed by atoms with Gasteiger partial charge >= 0.3 is 0 Å². The van der Waals surface area contributed by atoms with E-state index < -0.39 is 0 Å². The van der Waals surface area contributed by atoms with Crippen LogP contribution in [0, 0.1) is 6.92 Å². The summed E-state index contributed by atoms with van der Waals surface area (Å²) in [6.07, 6.45) is 0.325. The molecular weight excluding hydrogens is 352 g/mol. The van der Waals surface area contributed by atoms with E-state index in [0.29, 0.717) is 30.9 Å². The summed E-state index contributed by atoms with van der Waals surface area (Å²) >= 11 is 0. The molecule has 3 aromatic rings. The largest absolute Gasteiger partial charge is 0.354 e. The van der Waals surface area contributed by atoms with E-state index in [-0.39, 0.29) is 17.9 Å². The molecular formula is C22H22N4O2. The lowest BCUT2D eigenvalue weighted by Gasteiger charge is -2.26. The van der Waals surface area contributed by atoms with Gasteiger partial charge in [-0.05, 0) is 32.0 Å². The first-order chi connectivity index (χ1) is 13.5. The summed E-state index contributed by atoms with van der Waals surface area (Å²) in [5.74, 6) is 0.607. The Hall–Kier alpha value is -3.28. The molecule has 1 aliphatic rings. The molecule has 2 aromatic carbocycles. The van der Waals surface area contributed by atoms with Crippen molar-refractivity contribution < 1.29 is 9.59 Å². The summed E-state index contributed by atoms with van der Waals surface area (Å²) in [6, 6.07) is 15.3. The zero-order valence-electron chi connectivity index (χ0n) is 16.0. The second kappa shape index (κ2) is 7.38. The van der Waals surface area contributed by atoms with Gasteiger partial charge in [0.25, 0.3) is 5.91 Å². The van der Waals surface area contributed by atoms with Crippen molar-refractivity contribution >= 4 is 22.7 Å². The number of hydrogen-bond donors (Lipinski definition) is 1. The maximum atomic E-state index is 13.1. The first-order valence-corrected chi connectivity index (χ1v) is 9.44. The Balaban J connectivity index is 1.73. The van der Waals surface area contributed by atoms with Crippen LogP contribution in [-0.2, 0) is 4.79 Å². The SMILES string of the molecule is Cc1nc(-c2cccc(C(=O)N3CCC(=O)NC[C@@H]3C)c2)c2ccccc2n1. The second-order valence-electron chi connectivity index (χ2n) is 7.12. The molecule has 0 aliphatic carbocycles. The monoisotopic (exact) mass is 374 g/mol. The molecule has 6 nitrogen and oxygen atoms in total. The van der Waals surface area contributed by atoms with Crippen molar-refractivity contribution in [3.05, 3.63) is 59.9 Å². The van der Waals surface area contributed by atoms with Gasteiger partial charge < -0.3 is 10.2 Å². The predicted octanol–water partition coefficient (Wildman–Crippen LogP) is 2.96. The molecule has 1 aliphatic heterocycles.